The molecule has 2 N–H and O–H groups in total. The SMILES string of the molecule is CNCC(=O)C(C)(C)NCC(=O)OC. The van der Waals surface area contributed by atoms with Crippen molar-refractivity contribution in [2.45, 2.75) is 19.4 Å². The number of ether oxygens (including phenoxy) is 1. The van der Waals surface area contributed by atoms with Crippen molar-refractivity contribution in [3.8, 4) is 0 Å². The average Bonchev–Trinajstić information content (AvgIpc) is 2.14. The highest BCUT2D eigenvalue weighted by Crippen LogP contribution is 2.02. The van der Waals surface area contributed by atoms with Crippen molar-refractivity contribution in [1.29, 1.82) is 0 Å². The Hall–Kier alpha value is -0.940. The Kier molecular flexibility index (Phi) is 5.34. The van der Waals surface area contributed by atoms with Gasteiger partial charge in [0.05, 0.1) is 25.7 Å². The molecule has 0 radical (unpaired) electrons. The minimum absolute atomic E-state index is 0.00361. The number of carbonyl (C=O) groups is 2. The number of Topliss-reactive ketones (excluding diaryl/α,β-unsaturated/α-hetero) is 1. The van der Waals surface area contributed by atoms with E-state index in [1.807, 2.05) is 0 Å². The molecule has 5 nitrogen and oxygen atoms in total. The average molecular weight is 202 g/mol. The van der Waals surface area contributed by atoms with Crippen LogP contribution < -0.4 is 10.6 Å². The Morgan fingerprint density at radius 1 is 1.29 bits per heavy atom. The van der Waals surface area contributed by atoms with Crippen LogP contribution in [0.15, 0.2) is 0 Å². The fourth-order valence-electron chi connectivity index (χ4n) is 0.845. The van der Waals surface area contributed by atoms with Crippen molar-refractivity contribution in [2.75, 3.05) is 27.2 Å². The molecule has 0 aromatic heterocycles. The number of hydrogen-bond acceptors (Lipinski definition) is 5. The normalized spacial score (nSPS) is 11.1. The van der Waals surface area contributed by atoms with Gasteiger partial charge >= 0.3 is 5.97 Å². The van der Waals surface area contributed by atoms with E-state index in [2.05, 4.69) is 15.4 Å². The molecule has 0 fully saturated rings. The molecule has 0 rings (SSSR count). The van der Waals surface area contributed by atoms with Gasteiger partial charge in [0.2, 0.25) is 0 Å². The van der Waals surface area contributed by atoms with Crippen LogP contribution in [0.25, 0.3) is 0 Å². The molecule has 0 aromatic rings. The molecule has 82 valence electrons. The Labute approximate surface area is 84.2 Å². The van der Waals surface area contributed by atoms with Gasteiger partial charge < -0.3 is 10.1 Å². The van der Waals surface area contributed by atoms with Gasteiger partial charge in [-0.1, -0.05) is 0 Å². The maximum Gasteiger partial charge on any atom is 0.319 e. The topological polar surface area (TPSA) is 67.4 Å². The lowest BCUT2D eigenvalue weighted by atomic mass is 9.99. The maximum atomic E-state index is 11.5. The summed E-state index contributed by atoms with van der Waals surface area (Å²) in [5.41, 5.74) is -0.711. The summed E-state index contributed by atoms with van der Waals surface area (Å²) in [4.78, 5) is 22.3. The van der Waals surface area contributed by atoms with Crippen molar-refractivity contribution in [1.82, 2.24) is 10.6 Å². The van der Waals surface area contributed by atoms with Crippen molar-refractivity contribution >= 4 is 11.8 Å². The van der Waals surface area contributed by atoms with Crippen LogP contribution in [-0.2, 0) is 14.3 Å². The quantitative estimate of drug-likeness (QED) is 0.558. The number of esters is 1. The third kappa shape index (κ3) is 4.34. The van der Waals surface area contributed by atoms with E-state index >= 15 is 0 Å². The number of methoxy groups -OCH3 is 1. The van der Waals surface area contributed by atoms with Gasteiger partial charge in [0, 0.05) is 0 Å². The fourth-order valence-corrected chi connectivity index (χ4v) is 0.845. The first-order chi connectivity index (χ1) is 6.44. The molecule has 5 heteroatoms. The van der Waals surface area contributed by atoms with Crippen molar-refractivity contribution < 1.29 is 14.3 Å². The molecule has 0 aliphatic carbocycles. The Balaban J connectivity index is 4.06. The monoisotopic (exact) mass is 202 g/mol. The van der Waals surface area contributed by atoms with Crippen LogP contribution >= 0.6 is 0 Å². The molecule has 0 unspecified atom stereocenters. The summed E-state index contributed by atoms with van der Waals surface area (Å²) in [6, 6.07) is 0. The zero-order valence-electron chi connectivity index (χ0n) is 9.14. The number of nitrogens with one attached hydrogen (secondary N) is 2. The van der Waals surface area contributed by atoms with Gasteiger partial charge in [0.15, 0.2) is 5.78 Å². The summed E-state index contributed by atoms with van der Waals surface area (Å²) in [6.07, 6.45) is 0. The molecule has 0 atom stereocenters. The van der Waals surface area contributed by atoms with E-state index in [-0.39, 0.29) is 24.8 Å². The van der Waals surface area contributed by atoms with Gasteiger partial charge in [0.25, 0.3) is 0 Å². The number of likely N-dealkylation sites (N-methyl/N-ethyl adjacent to an activating group) is 1. The fraction of sp³-hybridized carbons (Fsp3) is 0.778. The molecule has 0 amide bonds. The largest absolute Gasteiger partial charge is 0.468 e. The standard InChI is InChI=1S/C9H18N2O3/c1-9(2,7(12)5-10-3)11-6-8(13)14-4/h10-11H,5-6H2,1-4H3. The van der Waals surface area contributed by atoms with Crippen LogP contribution in [0, 0.1) is 0 Å². The Morgan fingerprint density at radius 3 is 2.29 bits per heavy atom. The minimum Gasteiger partial charge on any atom is -0.468 e. The summed E-state index contributed by atoms with van der Waals surface area (Å²) in [6.45, 7) is 3.78. The second-order valence-electron chi connectivity index (χ2n) is 3.51. The Bertz CT molecular complexity index is 214. The van der Waals surface area contributed by atoms with Crippen LogP contribution in [-0.4, -0.2) is 44.5 Å². The lowest BCUT2D eigenvalue weighted by Crippen LogP contribution is -2.51. The van der Waals surface area contributed by atoms with E-state index in [1.165, 1.54) is 7.11 Å². The number of rotatable bonds is 6. The highest BCUT2D eigenvalue weighted by Gasteiger charge is 2.26. The number of hydrogen-bond donors (Lipinski definition) is 2. The minimum atomic E-state index is -0.711. The zero-order chi connectivity index (χ0) is 11.2. The van der Waals surface area contributed by atoms with Crippen molar-refractivity contribution in [3.05, 3.63) is 0 Å². The molecule has 0 spiro atoms. The van der Waals surface area contributed by atoms with Gasteiger partial charge in [-0.2, -0.15) is 0 Å². The van der Waals surface area contributed by atoms with Crippen LogP contribution in [0.5, 0.6) is 0 Å². The summed E-state index contributed by atoms with van der Waals surface area (Å²) in [5.74, 6) is -0.376. The van der Waals surface area contributed by atoms with Crippen LogP contribution in [0.3, 0.4) is 0 Å². The zero-order valence-corrected chi connectivity index (χ0v) is 9.14. The second-order valence-corrected chi connectivity index (χ2v) is 3.51. The lowest BCUT2D eigenvalue weighted by molar-refractivity contribution is -0.140. The van der Waals surface area contributed by atoms with Gasteiger partial charge in [-0.15, -0.1) is 0 Å². The third-order valence-electron chi connectivity index (χ3n) is 1.94. The van der Waals surface area contributed by atoms with Crippen molar-refractivity contribution in [2.24, 2.45) is 0 Å². The summed E-state index contributed by atoms with van der Waals surface area (Å²) in [7, 11) is 3.01. The second kappa shape index (κ2) is 5.72. The van der Waals surface area contributed by atoms with Crippen LogP contribution in [0.2, 0.25) is 0 Å². The molecule has 0 aromatic carbocycles. The van der Waals surface area contributed by atoms with E-state index in [9.17, 15) is 9.59 Å². The molecule has 0 aliphatic heterocycles. The number of carbonyl (C=O) groups excluding carboxylic acids is 2. The smallest absolute Gasteiger partial charge is 0.319 e. The van der Waals surface area contributed by atoms with Crippen molar-refractivity contribution in [3.63, 3.8) is 0 Å². The Morgan fingerprint density at radius 2 is 1.86 bits per heavy atom. The highest BCUT2D eigenvalue weighted by atomic mass is 16.5. The summed E-state index contributed by atoms with van der Waals surface area (Å²) < 4.78 is 4.46. The molecular formula is C9H18N2O3. The first kappa shape index (κ1) is 13.1. The van der Waals surface area contributed by atoms with E-state index in [0.717, 1.165) is 0 Å². The summed E-state index contributed by atoms with van der Waals surface area (Å²) >= 11 is 0. The van der Waals surface area contributed by atoms with Gasteiger partial charge in [-0.25, -0.2) is 0 Å². The van der Waals surface area contributed by atoms with Crippen LogP contribution in [0.1, 0.15) is 13.8 Å². The van der Waals surface area contributed by atoms with Crippen LogP contribution in [0.4, 0.5) is 0 Å². The molecule has 14 heavy (non-hydrogen) atoms. The van der Waals surface area contributed by atoms with Gasteiger partial charge in [0.1, 0.15) is 0 Å². The van der Waals surface area contributed by atoms with Gasteiger partial charge in [-0.05, 0) is 20.9 Å². The molecule has 0 bridgehead atoms. The maximum absolute atomic E-state index is 11.5. The van der Waals surface area contributed by atoms with E-state index < -0.39 is 5.54 Å². The van der Waals surface area contributed by atoms with E-state index in [1.54, 1.807) is 20.9 Å². The predicted molar refractivity (Wildman–Crippen MR) is 53.0 cm³/mol. The molecule has 0 saturated heterocycles. The highest BCUT2D eigenvalue weighted by molar-refractivity contribution is 5.89. The lowest BCUT2D eigenvalue weighted by Gasteiger charge is -2.23. The first-order valence-corrected chi connectivity index (χ1v) is 4.43. The number of ketones is 1. The molecule has 0 heterocycles. The van der Waals surface area contributed by atoms with E-state index in [0.29, 0.717) is 0 Å². The third-order valence-corrected chi connectivity index (χ3v) is 1.94. The predicted octanol–water partition coefficient (Wildman–Crippen LogP) is -0.684. The summed E-state index contributed by atoms with van der Waals surface area (Å²) in [5, 5.41) is 5.60. The first-order valence-electron chi connectivity index (χ1n) is 4.43. The van der Waals surface area contributed by atoms with Gasteiger partial charge in [-0.3, -0.25) is 14.9 Å². The molecular weight excluding hydrogens is 184 g/mol. The molecule has 0 aliphatic rings. The van der Waals surface area contributed by atoms with E-state index in [4.69, 9.17) is 0 Å². The molecule has 0 saturated carbocycles.